The lowest BCUT2D eigenvalue weighted by molar-refractivity contribution is -0.132. The molecule has 0 N–H and O–H groups in total. The summed E-state index contributed by atoms with van der Waals surface area (Å²) in [6.45, 7) is 2.31. The summed E-state index contributed by atoms with van der Waals surface area (Å²) in [5.41, 5.74) is 0.965. The summed E-state index contributed by atoms with van der Waals surface area (Å²) in [5, 5.41) is -0.250. The van der Waals surface area contributed by atoms with Crippen molar-refractivity contribution in [2.75, 3.05) is 34.9 Å². The number of thioether (sulfide) groups is 1. The molecule has 6 nitrogen and oxygen atoms in total. The Morgan fingerprint density at radius 1 is 1.25 bits per heavy atom. The zero-order chi connectivity index (χ0) is 17.9. The molecule has 0 radical (unpaired) electrons. The van der Waals surface area contributed by atoms with Crippen molar-refractivity contribution in [3.05, 3.63) is 23.8 Å². The van der Waals surface area contributed by atoms with Gasteiger partial charge in [-0.15, -0.1) is 11.8 Å². The topological polar surface area (TPSA) is 59.1 Å². The van der Waals surface area contributed by atoms with Gasteiger partial charge in [0.1, 0.15) is 5.37 Å². The summed E-state index contributed by atoms with van der Waals surface area (Å²) in [4.78, 5) is 27.7. The fraction of sp³-hybridized carbons (Fsp3) is 0.529. The van der Waals surface area contributed by atoms with Crippen LogP contribution in [0.15, 0.2) is 18.2 Å². The number of nitrogens with zero attached hydrogens (tertiary/aromatic N) is 2. The minimum absolute atomic E-state index is 0.0124. The largest absolute Gasteiger partial charge is 0.493 e. The molecule has 1 aliphatic heterocycles. The number of carbonyl (C=O) groups is 2. The van der Waals surface area contributed by atoms with Crippen LogP contribution >= 0.6 is 11.8 Å². The molecule has 0 bridgehead atoms. The maximum absolute atomic E-state index is 12.5. The molecular formula is C17H24N2O4S. The molecule has 24 heavy (non-hydrogen) atoms. The molecule has 0 aliphatic carbocycles. The molecule has 1 aromatic rings. The van der Waals surface area contributed by atoms with E-state index >= 15 is 0 Å². The molecule has 1 heterocycles. The second kappa shape index (κ2) is 7.79. The molecule has 1 fully saturated rings. The Morgan fingerprint density at radius 3 is 2.50 bits per heavy atom. The predicted octanol–water partition coefficient (Wildman–Crippen LogP) is 2.14. The van der Waals surface area contributed by atoms with Crippen molar-refractivity contribution in [2.24, 2.45) is 0 Å². The lowest BCUT2D eigenvalue weighted by atomic mass is 10.1. The normalized spacial score (nSPS) is 20.2. The van der Waals surface area contributed by atoms with Gasteiger partial charge in [0.25, 0.3) is 0 Å². The number of hydrogen-bond donors (Lipinski definition) is 0. The van der Waals surface area contributed by atoms with E-state index in [2.05, 4.69) is 0 Å². The van der Waals surface area contributed by atoms with Crippen molar-refractivity contribution >= 4 is 23.6 Å². The molecule has 1 aromatic carbocycles. The zero-order valence-corrected chi connectivity index (χ0v) is 15.6. The first-order chi connectivity index (χ1) is 11.4. The van der Waals surface area contributed by atoms with Crippen molar-refractivity contribution in [1.29, 1.82) is 0 Å². The number of methoxy groups -OCH3 is 2. The maximum Gasteiger partial charge on any atom is 0.236 e. The van der Waals surface area contributed by atoms with Gasteiger partial charge in [-0.2, -0.15) is 0 Å². The Morgan fingerprint density at radius 2 is 1.92 bits per heavy atom. The first-order valence-corrected chi connectivity index (χ1v) is 8.71. The fourth-order valence-electron chi connectivity index (χ4n) is 2.61. The van der Waals surface area contributed by atoms with E-state index in [1.54, 1.807) is 49.9 Å². The summed E-state index contributed by atoms with van der Waals surface area (Å²) in [5.74, 6) is 1.36. The second-order valence-electron chi connectivity index (χ2n) is 5.81. The van der Waals surface area contributed by atoms with Crippen molar-refractivity contribution in [3.8, 4) is 11.5 Å². The summed E-state index contributed by atoms with van der Waals surface area (Å²) in [6.07, 6.45) is 0.315. The van der Waals surface area contributed by atoms with Gasteiger partial charge in [0.05, 0.1) is 19.5 Å². The molecule has 0 aromatic heterocycles. The van der Waals surface area contributed by atoms with E-state index < -0.39 is 0 Å². The van der Waals surface area contributed by atoms with Crippen molar-refractivity contribution < 1.29 is 19.1 Å². The number of ether oxygens (including phenoxy) is 2. The molecule has 0 spiro atoms. The molecule has 0 saturated carbocycles. The van der Waals surface area contributed by atoms with E-state index in [4.69, 9.17) is 9.47 Å². The van der Waals surface area contributed by atoms with E-state index in [-0.39, 0.29) is 22.4 Å². The van der Waals surface area contributed by atoms with Crippen LogP contribution in [0.25, 0.3) is 0 Å². The fourth-order valence-corrected chi connectivity index (χ4v) is 3.90. The maximum atomic E-state index is 12.5. The van der Waals surface area contributed by atoms with Gasteiger partial charge < -0.3 is 19.3 Å². The molecule has 2 amide bonds. The first kappa shape index (κ1) is 18.4. The third-order valence-electron chi connectivity index (χ3n) is 4.01. The highest BCUT2D eigenvalue weighted by Gasteiger charge is 2.38. The van der Waals surface area contributed by atoms with Crippen LogP contribution in [0, 0.1) is 0 Å². The van der Waals surface area contributed by atoms with Gasteiger partial charge in [-0.25, -0.2) is 0 Å². The van der Waals surface area contributed by atoms with Crippen LogP contribution in [0.2, 0.25) is 0 Å². The predicted molar refractivity (Wildman–Crippen MR) is 94.4 cm³/mol. The number of carbonyl (C=O) groups excluding carboxylic acids is 2. The third-order valence-corrected chi connectivity index (χ3v) is 5.40. The van der Waals surface area contributed by atoms with Crippen molar-refractivity contribution in [2.45, 2.75) is 24.0 Å². The highest BCUT2D eigenvalue weighted by atomic mass is 32.2. The average Bonchev–Trinajstić information content (AvgIpc) is 2.86. The molecule has 1 aliphatic rings. The lowest BCUT2D eigenvalue weighted by Gasteiger charge is -2.25. The Bertz CT molecular complexity index is 621. The van der Waals surface area contributed by atoms with E-state index in [1.165, 1.54) is 0 Å². The van der Waals surface area contributed by atoms with Crippen LogP contribution in [0.5, 0.6) is 11.5 Å². The van der Waals surface area contributed by atoms with Gasteiger partial charge >= 0.3 is 0 Å². The van der Waals surface area contributed by atoms with Crippen LogP contribution in [0.4, 0.5) is 0 Å². The molecule has 2 rings (SSSR count). The molecule has 7 heteroatoms. The smallest absolute Gasteiger partial charge is 0.236 e. The Labute approximate surface area is 147 Å². The van der Waals surface area contributed by atoms with Crippen LogP contribution in [0.3, 0.4) is 0 Å². The van der Waals surface area contributed by atoms with Crippen molar-refractivity contribution in [1.82, 2.24) is 9.80 Å². The average molecular weight is 352 g/mol. The second-order valence-corrected chi connectivity index (χ2v) is 7.24. The van der Waals surface area contributed by atoms with Crippen LogP contribution in [-0.2, 0) is 9.59 Å². The van der Waals surface area contributed by atoms with Crippen LogP contribution in [0.1, 0.15) is 24.3 Å². The zero-order valence-electron chi connectivity index (χ0n) is 14.7. The van der Waals surface area contributed by atoms with Gasteiger partial charge in [0, 0.05) is 27.1 Å². The minimum atomic E-state index is -0.127. The standard InChI is InChI=1S/C17H24N2O4S/c1-11-16(21)19(9-8-15(20)18(2)3)17(24-11)12-6-7-13(22-4)14(10-12)23-5/h6-7,10-11,17H,8-9H2,1-5H3/t11-,17+/m1/s1. The Kier molecular flexibility index (Phi) is 5.99. The molecular weight excluding hydrogens is 328 g/mol. The third kappa shape index (κ3) is 3.77. The Hall–Kier alpha value is -1.89. The summed E-state index contributed by atoms with van der Waals surface area (Å²) < 4.78 is 10.6. The van der Waals surface area contributed by atoms with Gasteiger partial charge in [-0.1, -0.05) is 6.07 Å². The van der Waals surface area contributed by atoms with Crippen molar-refractivity contribution in [3.63, 3.8) is 0 Å². The quantitative estimate of drug-likeness (QED) is 0.785. The lowest BCUT2D eigenvalue weighted by Crippen LogP contribution is -2.34. The summed E-state index contributed by atoms with van der Waals surface area (Å²) in [7, 11) is 6.62. The number of amides is 2. The SMILES string of the molecule is COc1ccc([C@@H]2S[C@H](C)C(=O)N2CCC(=O)N(C)C)cc1OC. The summed E-state index contributed by atoms with van der Waals surface area (Å²) >= 11 is 1.58. The van der Waals surface area contributed by atoms with Gasteiger partial charge in [0.15, 0.2) is 11.5 Å². The monoisotopic (exact) mass is 352 g/mol. The van der Waals surface area contributed by atoms with Crippen LogP contribution in [-0.4, -0.2) is 61.7 Å². The number of benzene rings is 1. The number of hydrogen-bond acceptors (Lipinski definition) is 5. The minimum Gasteiger partial charge on any atom is -0.493 e. The van der Waals surface area contributed by atoms with Gasteiger partial charge in [-0.05, 0) is 24.6 Å². The molecule has 2 atom stereocenters. The van der Waals surface area contributed by atoms with E-state index in [9.17, 15) is 9.59 Å². The molecule has 1 saturated heterocycles. The molecule has 0 unspecified atom stereocenters. The summed E-state index contributed by atoms with van der Waals surface area (Å²) in [6, 6.07) is 5.67. The van der Waals surface area contributed by atoms with E-state index in [1.807, 2.05) is 25.1 Å². The van der Waals surface area contributed by atoms with E-state index in [0.29, 0.717) is 24.5 Å². The number of rotatable bonds is 6. The molecule has 132 valence electrons. The highest BCUT2D eigenvalue weighted by molar-refractivity contribution is 8.01. The highest BCUT2D eigenvalue weighted by Crippen LogP contribution is 2.44. The van der Waals surface area contributed by atoms with Gasteiger partial charge in [0.2, 0.25) is 11.8 Å². The Balaban J connectivity index is 2.23. The van der Waals surface area contributed by atoms with Gasteiger partial charge in [-0.3, -0.25) is 9.59 Å². The van der Waals surface area contributed by atoms with Crippen LogP contribution < -0.4 is 9.47 Å². The van der Waals surface area contributed by atoms with E-state index in [0.717, 1.165) is 5.56 Å². The first-order valence-electron chi connectivity index (χ1n) is 7.77.